The Balaban J connectivity index is 1.58. The van der Waals surface area contributed by atoms with Crippen LogP contribution in [-0.4, -0.2) is 68.5 Å². The SMILES string of the molecule is CN1Cc2nc3c(F)cc(-c4nc(N[C@@H]5CCOC[C@H]5O)ncc4Cl)cc3n2C(C)(C)C1. The monoisotopic (exact) mass is 460 g/mol. The zero-order valence-electron chi connectivity index (χ0n) is 18.3. The zero-order chi connectivity index (χ0) is 22.6. The van der Waals surface area contributed by atoms with Crippen LogP contribution in [0.4, 0.5) is 10.3 Å². The lowest BCUT2D eigenvalue weighted by Crippen LogP contribution is -2.45. The Morgan fingerprint density at radius 1 is 1.31 bits per heavy atom. The van der Waals surface area contributed by atoms with Crippen LogP contribution in [0.15, 0.2) is 18.3 Å². The second kappa shape index (κ2) is 7.91. The van der Waals surface area contributed by atoms with Crippen molar-refractivity contribution in [3.8, 4) is 11.3 Å². The van der Waals surface area contributed by atoms with E-state index in [-0.39, 0.29) is 18.2 Å². The topological polar surface area (TPSA) is 88.3 Å². The molecule has 4 heterocycles. The Morgan fingerprint density at radius 2 is 2.12 bits per heavy atom. The zero-order valence-corrected chi connectivity index (χ0v) is 19.0. The van der Waals surface area contributed by atoms with E-state index in [1.807, 2.05) is 13.1 Å². The van der Waals surface area contributed by atoms with Gasteiger partial charge in [-0.1, -0.05) is 11.6 Å². The van der Waals surface area contributed by atoms with Crippen molar-refractivity contribution in [2.24, 2.45) is 0 Å². The van der Waals surface area contributed by atoms with E-state index in [9.17, 15) is 5.11 Å². The Kier molecular flexibility index (Phi) is 5.32. The fourth-order valence-electron chi connectivity index (χ4n) is 4.83. The average Bonchev–Trinajstić information content (AvgIpc) is 3.10. The highest BCUT2D eigenvalue weighted by atomic mass is 35.5. The number of benzene rings is 1. The van der Waals surface area contributed by atoms with Crippen molar-refractivity contribution in [1.82, 2.24) is 24.4 Å². The van der Waals surface area contributed by atoms with Gasteiger partial charge in [0.15, 0.2) is 5.82 Å². The van der Waals surface area contributed by atoms with Crippen LogP contribution in [0.3, 0.4) is 0 Å². The number of likely N-dealkylation sites (N-methyl/N-ethyl adjacent to an activating group) is 1. The summed E-state index contributed by atoms with van der Waals surface area (Å²) in [6.07, 6.45) is 1.47. The minimum atomic E-state index is -0.654. The van der Waals surface area contributed by atoms with Crippen LogP contribution in [-0.2, 0) is 16.8 Å². The molecule has 2 atom stereocenters. The highest BCUT2D eigenvalue weighted by Crippen LogP contribution is 2.35. The number of aliphatic hydroxyl groups excluding tert-OH is 1. The van der Waals surface area contributed by atoms with E-state index in [1.165, 1.54) is 12.3 Å². The predicted molar refractivity (Wildman–Crippen MR) is 120 cm³/mol. The van der Waals surface area contributed by atoms with Gasteiger partial charge in [-0.15, -0.1) is 0 Å². The summed E-state index contributed by atoms with van der Waals surface area (Å²) in [7, 11) is 2.04. The molecule has 3 aromatic rings. The molecule has 2 aliphatic heterocycles. The largest absolute Gasteiger partial charge is 0.389 e. The number of anilines is 1. The smallest absolute Gasteiger partial charge is 0.223 e. The fourth-order valence-corrected chi connectivity index (χ4v) is 5.03. The minimum absolute atomic E-state index is 0.225. The van der Waals surface area contributed by atoms with Crippen LogP contribution in [0, 0.1) is 5.82 Å². The second-order valence-corrected chi connectivity index (χ2v) is 9.65. The normalized spacial score (nSPS) is 23.3. The summed E-state index contributed by atoms with van der Waals surface area (Å²) < 4.78 is 22.6. The van der Waals surface area contributed by atoms with Crippen molar-refractivity contribution in [3.05, 3.63) is 35.0 Å². The summed E-state index contributed by atoms with van der Waals surface area (Å²) in [5.41, 5.74) is 1.80. The van der Waals surface area contributed by atoms with Crippen LogP contribution >= 0.6 is 11.6 Å². The lowest BCUT2D eigenvalue weighted by molar-refractivity contribution is -0.0136. The van der Waals surface area contributed by atoms with Crippen LogP contribution in [0.25, 0.3) is 22.3 Å². The number of imidazole rings is 1. The third-order valence-electron chi connectivity index (χ3n) is 6.11. The van der Waals surface area contributed by atoms with Crippen LogP contribution in [0.2, 0.25) is 5.02 Å². The molecule has 170 valence electrons. The number of halogens is 2. The lowest BCUT2D eigenvalue weighted by Gasteiger charge is -2.38. The van der Waals surface area contributed by atoms with Gasteiger partial charge in [-0.2, -0.15) is 0 Å². The molecule has 2 N–H and O–H groups in total. The molecule has 8 nitrogen and oxygen atoms in total. The number of aromatic nitrogens is 4. The Labute approximate surface area is 190 Å². The van der Waals surface area contributed by atoms with Gasteiger partial charge in [0, 0.05) is 18.7 Å². The van der Waals surface area contributed by atoms with Gasteiger partial charge in [0.25, 0.3) is 0 Å². The first-order valence-corrected chi connectivity index (χ1v) is 11.1. The molecule has 10 heteroatoms. The summed E-state index contributed by atoms with van der Waals surface area (Å²) in [6, 6.07) is 3.08. The maximum absolute atomic E-state index is 15.2. The van der Waals surface area contributed by atoms with E-state index in [4.69, 9.17) is 16.3 Å². The highest BCUT2D eigenvalue weighted by molar-refractivity contribution is 6.33. The maximum atomic E-state index is 15.2. The third kappa shape index (κ3) is 3.73. The second-order valence-electron chi connectivity index (χ2n) is 9.25. The van der Waals surface area contributed by atoms with E-state index in [0.29, 0.717) is 47.3 Å². The fraction of sp³-hybridized carbons (Fsp3) is 0.500. The maximum Gasteiger partial charge on any atom is 0.223 e. The number of hydrogen-bond acceptors (Lipinski definition) is 7. The van der Waals surface area contributed by atoms with Gasteiger partial charge < -0.3 is 19.7 Å². The van der Waals surface area contributed by atoms with Gasteiger partial charge in [0.1, 0.15) is 11.3 Å². The quantitative estimate of drug-likeness (QED) is 0.621. The van der Waals surface area contributed by atoms with Gasteiger partial charge in [-0.25, -0.2) is 19.3 Å². The van der Waals surface area contributed by atoms with Gasteiger partial charge in [-0.05, 0) is 39.4 Å². The Bertz CT molecular complexity index is 1180. The Morgan fingerprint density at radius 3 is 2.91 bits per heavy atom. The van der Waals surface area contributed by atoms with Crippen LogP contribution < -0.4 is 5.32 Å². The molecule has 1 fully saturated rings. The summed E-state index contributed by atoms with van der Waals surface area (Å²) in [4.78, 5) is 15.6. The first kappa shape index (κ1) is 21.5. The van der Waals surface area contributed by atoms with Crippen LogP contribution in [0.1, 0.15) is 26.1 Å². The number of fused-ring (bicyclic) bond motifs is 3. The van der Waals surface area contributed by atoms with Crippen molar-refractivity contribution >= 4 is 28.6 Å². The standard InChI is InChI=1S/C22H26ClFN6O2/c1-22(2)11-29(3)9-18-27-20-14(24)6-12(7-16(20)30(18)22)19-13(23)8-25-21(28-19)26-15-4-5-32-10-17(15)31/h6-8,15,17,31H,4-5,9-11H2,1-3H3,(H,25,26,28)/t15-,17-/m1/s1. The molecule has 0 unspecified atom stereocenters. The van der Waals surface area contributed by atoms with E-state index in [0.717, 1.165) is 17.9 Å². The molecule has 0 bridgehead atoms. The highest BCUT2D eigenvalue weighted by Gasteiger charge is 2.33. The van der Waals surface area contributed by atoms with Crippen molar-refractivity contribution in [2.45, 2.75) is 44.5 Å². The van der Waals surface area contributed by atoms with E-state index in [2.05, 4.69) is 43.6 Å². The van der Waals surface area contributed by atoms with Crippen molar-refractivity contribution in [2.75, 3.05) is 32.1 Å². The van der Waals surface area contributed by atoms with Gasteiger partial charge in [0.05, 0.1) is 53.3 Å². The molecule has 0 aliphatic carbocycles. The third-order valence-corrected chi connectivity index (χ3v) is 6.39. The molecular weight excluding hydrogens is 435 g/mol. The number of aliphatic hydroxyl groups is 1. The van der Waals surface area contributed by atoms with Crippen molar-refractivity contribution < 1.29 is 14.2 Å². The first-order chi connectivity index (χ1) is 15.2. The molecule has 1 saturated heterocycles. The van der Waals surface area contributed by atoms with Crippen molar-refractivity contribution in [3.63, 3.8) is 0 Å². The summed E-state index contributed by atoms with van der Waals surface area (Å²) in [5, 5.41) is 13.6. The lowest BCUT2D eigenvalue weighted by atomic mass is 10.0. The molecule has 5 rings (SSSR count). The van der Waals surface area contributed by atoms with Crippen molar-refractivity contribution in [1.29, 1.82) is 0 Å². The number of nitrogens with zero attached hydrogens (tertiary/aromatic N) is 5. The number of rotatable bonds is 3. The van der Waals surface area contributed by atoms with Gasteiger partial charge >= 0.3 is 0 Å². The first-order valence-electron chi connectivity index (χ1n) is 10.7. The molecule has 0 saturated carbocycles. The van der Waals surface area contributed by atoms with E-state index in [1.54, 1.807) is 0 Å². The summed E-state index contributed by atoms with van der Waals surface area (Å²) in [6.45, 7) is 6.54. The van der Waals surface area contributed by atoms with Gasteiger partial charge in [-0.3, -0.25) is 4.90 Å². The molecule has 2 aromatic heterocycles. The van der Waals surface area contributed by atoms with E-state index >= 15 is 4.39 Å². The number of nitrogens with one attached hydrogen (secondary N) is 1. The average molecular weight is 461 g/mol. The molecule has 2 aliphatic rings. The number of ether oxygens (including phenoxy) is 1. The molecule has 0 amide bonds. The molecule has 32 heavy (non-hydrogen) atoms. The predicted octanol–water partition coefficient (Wildman–Crippen LogP) is 3.03. The van der Waals surface area contributed by atoms with Gasteiger partial charge in [0.2, 0.25) is 5.95 Å². The molecule has 1 aromatic carbocycles. The molecular formula is C22H26ClFN6O2. The van der Waals surface area contributed by atoms with Crippen LogP contribution in [0.5, 0.6) is 0 Å². The summed E-state index contributed by atoms with van der Waals surface area (Å²) in [5.74, 6) is 0.745. The molecule has 0 radical (unpaired) electrons. The Hall–Kier alpha value is -2.33. The number of hydrogen-bond donors (Lipinski definition) is 2. The summed E-state index contributed by atoms with van der Waals surface area (Å²) >= 11 is 6.42. The minimum Gasteiger partial charge on any atom is -0.389 e. The molecule has 0 spiro atoms. The van der Waals surface area contributed by atoms with E-state index < -0.39 is 11.9 Å².